The van der Waals surface area contributed by atoms with Gasteiger partial charge in [-0.1, -0.05) is 61.1 Å². The summed E-state index contributed by atoms with van der Waals surface area (Å²) in [4.78, 5) is 47.3. The highest BCUT2D eigenvalue weighted by Crippen LogP contribution is 2.34. The topological polar surface area (TPSA) is 99.3 Å². The minimum absolute atomic E-state index is 0.0848. The number of aromatic nitrogens is 1. The van der Waals surface area contributed by atoms with Gasteiger partial charge in [-0.3, -0.25) is 4.79 Å². The van der Waals surface area contributed by atoms with Gasteiger partial charge in [0.1, 0.15) is 0 Å². The van der Waals surface area contributed by atoms with Gasteiger partial charge in [0.05, 0.1) is 22.5 Å². The molecule has 0 bridgehead atoms. The molecular formula is C39H39N3O5S. The summed E-state index contributed by atoms with van der Waals surface area (Å²) in [6, 6.07) is 26.9. The van der Waals surface area contributed by atoms with E-state index in [9.17, 15) is 14.4 Å². The molecular weight excluding hydrogens is 623 g/mol. The monoisotopic (exact) mass is 661 g/mol. The van der Waals surface area contributed by atoms with Crippen LogP contribution in [0.1, 0.15) is 93.3 Å². The molecule has 0 unspecified atom stereocenters. The van der Waals surface area contributed by atoms with E-state index in [1.807, 2.05) is 66.7 Å². The first-order chi connectivity index (χ1) is 23.2. The normalized spacial score (nSPS) is 12.0. The van der Waals surface area contributed by atoms with Gasteiger partial charge in [-0.15, -0.1) is 12.6 Å². The van der Waals surface area contributed by atoms with Crippen LogP contribution >= 0.6 is 12.6 Å². The van der Waals surface area contributed by atoms with E-state index in [1.54, 1.807) is 19.1 Å². The lowest BCUT2D eigenvalue weighted by Gasteiger charge is -2.10. The molecule has 0 aliphatic rings. The molecule has 5 aromatic rings. The number of nitrogens with zero attached hydrogens (tertiary/aromatic N) is 3. The summed E-state index contributed by atoms with van der Waals surface area (Å²) in [6.07, 6.45) is 6.14. The minimum atomic E-state index is -0.482. The van der Waals surface area contributed by atoms with Crippen LogP contribution in [0.15, 0.2) is 100 Å². The zero-order valence-corrected chi connectivity index (χ0v) is 28.6. The van der Waals surface area contributed by atoms with Gasteiger partial charge in [0.25, 0.3) is 0 Å². The van der Waals surface area contributed by atoms with E-state index in [4.69, 9.17) is 9.68 Å². The number of oxime groups is 2. The Morgan fingerprint density at radius 2 is 1.19 bits per heavy atom. The molecule has 0 N–H and O–H groups in total. The molecule has 0 radical (unpaired) electrons. The van der Waals surface area contributed by atoms with Gasteiger partial charge in [-0.05, 0) is 92.1 Å². The molecule has 9 heteroatoms. The second kappa shape index (κ2) is 15.7. The van der Waals surface area contributed by atoms with Crippen molar-refractivity contribution in [2.24, 2.45) is 10.3 Å². The van der Waals surface area contributed by atoms with Crippen molar-refractivity contribution in [1.29, 1.82) is 0 Å². The van der Waals surface area contributed by atoms with E-state index in [1.165, 1.54) is 20.3 Å². The summed E-state index contributed by atoms with van der Waals surface area (Å²) in [5, 5.41) is 10.0. The quantitative estimate of drug-likeness (QED) is 0.0339. The Hall–Kier alpha value is -5.02. The van der Waals surface area contributed by atoms with Crippen molar-refractivity contribution in [2.45, 2.75) is 71.1 Å². The zero-order chi connectivity index (χ0) is 34.2. The van der Waals surface area contributed by atoms with Crippen molar-refractivity contribution in [3.8, 4) is 5.69 Å². The number of ketones is 1. The molecule has 8 nitrogen and oxygen atoms in total. The second-order valence-electron chi connectivity index (χ2n) is 11.8. The molecule has 4 aromatic carbocycles. The highest BCUT2D eigenvalue weighted by Gasteiger charge is 2.18. The van der Waals surface area contributed by atoms with Crippen LogP contribution in [0.4, 0.5) is 0 Å². The van der Waals surface area contributed by atoms with Crippen LogP contribution in [-0.4, -0.2) is 33.7 Å². The highest BCUT2D eigenvalue weighted by molar-refractivity contribution is 7.80. The summed E-state index contributed by atoms with van der Waals surface area (Å²) < 4.78 is 2.15. The Morgan fingerprint density at radius 1 is 0.646 bits per heavy atom. The number of benzene rings is 4. The zero-order valence-electron chi connectivity index (χ0n) is 27.7. The molecule has 1 heterocycles. The first-order valence-corrected chi connectivity index (χ1v) is 16.6. The van der Waals surface area contributed by atoms with Crippen LogP contribution in [-0.2, 0) is 19.3 Å². The van der Waals surface area contributed by atoms with Crippen LogP contribution < -0.4 is 0 Å². The average molecular weight is 662 g/mol. The van der Waals surface area contributed by atoms with Gasteiger partial charge < -0.3 is 14.2 Å². The van der Waals surface area contributed by atoms with Gasteiger partial charge in [-0.2, -0.15) is 0 Å². The van der Waals surface area contributed by atoms with Gasteiger partial charge in [0, 0.05) is 51.9 Å². The summed E-state index contributed by atoms with van der Waals surface area (Å²) in [7, 11) is 0. The highest BCUT2D eigenvalue weighted by atomic mass is 32.1. The van der Waals surface area contributed by atoms with Crippen LogP contribution in [0, 0.1) is 0 Å². The third-order valence-electron chi connectivity index (χ3n) is 8.15. The number of thiol groups is 1. The lowest BCUT2D eigenvalue weighted by molar-refractivity contribution is -0.141. The standard InChI is InChI=1S/C39H39N3O5S/c1-5-6-7-8-9-10-36(41-47-27(4)44)30-15-21-37-34(23-30)35-24-31(39(45)29-13-19-33(48)20-14-29)16-22-38(35)42(37)32-17-11-28(12-18-32)25(2)40-46-26(3)43/h11-24,48H,5-10H2,1-4H3/b40-25+,41-36+. The maximum Gasteiger partial charge on any atom is 0.331 e. The summed E-state index contributed by atoms with van der Waals surface area (Å²) in [5.74, 6) is -1.04. The third kappa shape index (κ3) is 8.09. The Balaban J connectivity index is 1.63. The third-order valence-corrected chi connectivity index (χ3v) is 8.44. The fourth-order valence-corrected chi connectivity index (χ4v) is 5.85. The van der Waals surface area contributed by atoms with Crippen LogP contribution in [0.2, 0.25) is 0 Å². The molecule has 0 aliphatic carbocycles. The fourth-order valence-electron chi connectivity index (χ4n) is 5.70. The number of rotatable bonds is 13. The van der Waals surface area contributed by atoms with Crippen molar-refractivity contribution in [3.63, 3.8) is 0 Å². The smallest absolute Gasteiger partial charge is 0.318 e. The number of carbonyl (C=O) groups excluding carboxylic acids is 3. The lowest BCUT2D eigenvalue weighted by atomic mass is 9.99. The summed E-state index contributed by atoms with van der Waals surface area (Å²) >= 11 is 4.36. The molecule has 0 saturated carbocycles. The Bertz CT molecular complexity index is 2030. The van der Waals surface area contributed by atoms with Crippen molar-refractivity contribution in [3.05, 3.63) is 107 Å². The maximum atomic E-state index is 13.6. The Labute approximate surface area is 285 Å². The molecule has 48 heavy (non-hydrogen) atoms. The summed E-state index contributed by atoms with van der Waals surface area (Å²) in [6.45, 7) is 6.62. The first-order valence-electron chi connectivity index (χ1n) is 16.2. The molecule has 0 aliphatic heterocycles. The number of fused-ring (bicyclic) bond motifs is 3. The Morgan fingerprint density at radius 3 is 1.81 bits per heavy atom. The SMILES string of the molecule is CCCCCCC/C(=N\OC(C)=O)c1ccc2c(c1)c1cc(C(=O)c3ccc(S)cc3)ccc1n2-c1ccc(/C(C)=N/OC(C)=O)cc1. The molecule has 246 valence electrons. The van der Waals surface area contributed by atoms with E-state index in [2.05, 4.69) is 40.5 Å². The number of hydrogen-bond acceptors (Lipinski definition) is 8. The minimum Gasteiger partial charge on any atom is -0.318 e. The predicted molar refractivity (Wildman–Crippen MR) is 194 cm³/mol. The van der Waals surface area contributed by atoms with Gasteiger partial charge >= 0.3 is 11.9 Å². The average Bonchev–Trinajstić information content (AvgIpc) is 3.41. The van der Waals surface area contributed by atoms with E-state index < -0.39 is 11.9 Å². The molecule has 5 rings (SSSR count). The van der Waals surface area contributed by atoms with Crippen molar-refractivity contribution >= 4 is 63.6 Å². The van der Waals surface area contributed by atoms with Crippen LogP contribution in [0.3, 0.4) is 0 Å². The maximum absolute atomic E-state index is 13.6. The second-order valence-corrected chi connectivity index (χ2v) is 12.3. The van der Waals surface area contributed by atoms with E-state index >= 15 is 0 Å². The van der Waals surface area contributed by atoms with Crippen molar-refractivity contribution in [2.75, 3.05) is 0 Å². The van der Waals surface area contributed by atoms with E-state index in [0.29, 0.717) is 29.0 Å². The number of hydrogen-bond donors (Lipinski definition) is 1. The largest absolute Gasteiger partial charge is 0.331 e. The van der Waals surface area contributed by atoms with Crippen LogP contribution in [0.5, 0.6) is 0 Å². The molecule has 0 atom stereocenters. The van der Waals surface area contributed by atoms with Gasteiger partial charge in [0.2, 0.25) is 0 Å². The first kappa shape index (κ1) is 34.3. The number of carbonyl (C=O) groups is 3. The molecule has 0 fully saturated rings. The van der Waals surface area contributed by atoms with Gasteiger partial charge in [-0.25, -0.2) is 9.59 Å². The van der Waals surface area contributed by atoms with Gasteiger partial charge in [0.15, 0.2) is 5.78 Å². The molecule has 0 amide bonds. The van der Waals surface area contributed by atoms with E-state index in [-0.39, 0.29) is 5.78 Å². The van der Waals surface area contributed by atoms with Crippen LogP contribution in [0.25, 0.3) is 27.5 Å². The summed E-state index contributed by atoms with van der Waals surface area (Å²) in [5.41, 5.74) is 6.85. The molecule has 1 aromatic heterocycles. The van der Waals surface area contributed by atoms with E-state index in [0.717, 1.165) is 69.2 Å². The molecule has 0 spiro atoms. The van der Waals surface area contributed by atoms with Crippen molar-refractivity contribution < 1.29 is 24.1 Å². The van der Waals surface area contributed by atoms with Crippen molar-refractivity contribution in [1.82, 2.24) is 4.57 Å². The lowest BCUT2D eigenvalue weighted by Crippen LogP contribution is -2.05. The number of unbranched alkanes of at least 4 members (excludes halogenated alkanes) is 4. The Kier molecular flexibility index (Phi) is 11.2. The predicted octanol–water partition coefficient (Wildman–Crippen LogP) is 9.22. The molecule has 0 saturated heterocycles. The fraction of sp³-hybridized carbons (Fsp3) is 0.256.